The first-order valence-electron chi connectivity index (χ1n) is 7.43. The smallest absolute Gasteiger partial charge is 0.324 e. The van der Waals surface area contributed by atoms with Crippen LogP contribution in [0.5, 0.6) is 5.75 Å². The molecule has 0 radical (unpaired) electrons. The number of anilines is 1. The normalized spacial score (nSPS) is 10.1. The molecule has 1 N–H and O–H groups in total. The van der Waals surface area contributed by atoms with Crippen LogP contribution in [0.25, 0.3) is 0 Å². The first-order valence-corrected chi connectivity index (χ1v) is 7.43. The van der Waals surface area contributed by atoms with E-state index in [1.54, 1.807) is 4.90 Å². The molecule has 0 saturated heterocycles. The van der Waals surface area contributed by atoms with Gasteiger partial charge in [-0.25, -0.2) is 4.79 Å². The molecule has 2 amide bonds. The van der Waals surface area contributed by atoms with Crippen LogP contribution in [0.2, 0.25) is 0 Å². The standard InChI is InChI=1S/C18H22N2O2/c1-4-20(16-10-6-5-7-11-16)18(21)19-13-22-17-12-8-9-14(2)15(17)3/h5-12H,4,13H2,1-3H3,(H,19,21). The maximum absolute atomic E-state index is 12.3. The van der Waals surface area contributed by atoms with Gasteiger partial charge in [-0.15, -0.1) is 0 Å². The molecule has 0 atom stereocenters. The Bertz CT molecular complexity index is 626. The number of ether oxygens (including phenoxy) is 1. The van der Waals surface area contributed by atoms with Crippen molar-refractivity contribution in [2.24, 2.45) is 0 Å². The number of carbonyl (C=O) groups excluding carboxylic acids is 1. The molecule has 0 spiro atoms. The van der Waals surface area contributed by atoms with E-state index in [0.717, 1.165) is 17.0 Å². The summed E-state index contributed by atoms with van der Waals surface area (Å²) in [5, 5.41) is 2.79. The van der Waals surface area contributed by atoms with Crippen molar-refractivity contribution < 1.29 is 9.53 Å². The maximum atomic E-state index is 12.3. The third-order valence-electron chi connectivity index (χ3n) is 3.64. The van der Waals surface area contributed by atoms with Crippen molar-refractivity contribution in [3.05, 3.63) is 59.7 Å². The van der Waals surface area contributed by atoms with Crippen molar-refractivity contribution >= 4 is 11.7 Å². The van der Waals surface area contributed by atoms with Gasteiger partial charge >= 0.3 is 6.03 Å². The summed E-state index contributed by atoms with van der Waals surface area (Å²) in [6, 6.07) is 15.3. The van der Waals surface area contributed by atoms with Gasteiger partial charge in [-0.2, -0.15) is 0 Å². The third kappa shape index (κ3) is 3.79. The summed E-state index contributed by atoms with van der Waals surface area (Å²) in [6.45, 7) is 6.73. The summed E-state index contributed by atoms with van der Waals surface area (Å²) in [5.41, 5.74) is 3.13. The minimum absolute atomic E-state index is 0.145. The summed E-state index contributed by atoms with van der Waals surface area (Å²) >= 11 is 0. The average Bonchev–Trinajstić information content (AvgIpc) is 2.53. The number of urea groups is 1. The molecule has 2 aromatic carbocycles. The molecule has 0 fully saturated rings. The van der Waals surface area contributed by atoms with Gasteiger partial charge < -0.3 is 10.1 Å². The van der Waals surface area contributed by atoms with Crippen molar-refractivity contribution in [2.45, 2.75) is 20.8 Å². The molecule has 0 saturated carbocycles. The van der Waals surface area contributed by atoms with E-state index in [-0.39, 0.29) is 12.8 Å². The van der Waals surface area contributed by atoms with Crippen LogP contribution >= 0.6 is 0 Å². The lowest BCUT2D eigenvalue weighted by Gasteiger charge is -2.21. The SMILES string of the molecule is CCN(C(=O)NCOc1cccc(C)c1C)c1ccccc1. The first kappa shape index (κ1) is 15.9. The number of aryl methyl sites for hydroxylation is 1. The summed E-state index contributed by atoms with van der Waals surface area (Å²) in [7, 11) is 0. The lowest BCUT2D eigenvalue weighted by atomic mass is 10.1. The average molecular weight is 298 g/mol. The van der Waals surface area contributed by atoms with Gasteiger partial charge in [-0.05, 0) is 50.1 Å². The highest BCUT2D eigenvalue weighted by Crippen LogP contribution is 2.20. The van der Waals surface area contributed by atoms with E-state index in [9.17, 15) is 4.79 Å². The zero-order valence-electron chi connectivity index (χ0n) is 13.3. The lowest BCUT2D eigenvalue weighted by Crippen LogP contribution is -2.41. The number of hydrogen-bond donors (Lipinski definition) is 1. The van der Waals surface area contributed by atoms with E-state index in [0.29, 0.717) is 6.54 Å². The Hall–Kier alpha value is -2.49. The second-order valence-electron chi connectivity index (χ2n) is 5.05. The number of para-hydroxylation sites is 1. The number of amides is 2. The molecule has 0 bridgehead atoms. The number of carbonyl (C=O) groups is 1. The van der Waals surface area contributed by atoms with Gasteiger partial charge in [0.05, 0.1) is 0 Å². The summed E-state index contributed by atoms with van der Waals surface area (Å²) in [6.07, 6.45) is 0. The highest BCUT2D eigenvalue weighted by molar-refractivity contribution is 5.91. The largest absolute Gasteiger partial charge is 0.473 e. The highest BCUT2D eigenvalue weighted by atomic mass is 16.5. The quantitative estimate of drug-likeness (QED) is 0.851. The molecular weight excluding hydrogens is 276 g/mol. The number of nitrogens with one attached hydrogen (secondary N) is 1. The Morgan fingerprint density at radius 2 is 1.82 bits per heavy atom. The van der Waals surface area contributed by atoms with E-state index in [1.807, 2.05) is 69.3 Å². The zero-order chi connectivity index (χ0) is 15.9. The van der Waals surface area contributed by atoms with Crippen molar-refractivity contribution in [1.29, 1.82) is 0 Å². The van der Waals surface area contributed by atoms with Crippen LogP contribution in [0.3, 0.4) is 0 Å². The van der Waals surface area contributed by atoms with Crippen molar-refractivity contribution in [3.63, 3.8) is 0 Å². The lowest BCUT2D eigenvalue weighted by molar-refractivity contribution is 0.229. The van der Waals surface area contributed by atoms with Crippen molar-refractivity contribution in [1.82, 2.24) is 5.32 Å². The zero-order valence-corrected chi connectivity index (χ0v) is 13.3. The second-order valence-corrected chi connectivity index (χ2v) is 5.05. The second kappa shape index (κ2) is 7.50. The molecular formula is C18H22N2O2. The Kier molecular flexibility index (Phi) is 5.42. The molecule has 0 aliphatic rings. The van der Waals surface area contributed by atoms with Crippen LogP contribution in [0.4, 0.5) is 10.5 Å². The Morgan fingerprint density at radius 3 is 2.50 bits per heavy atom. The third-order valence-corrected chi connectivity index (χ3v) is 3.64. The summed E-state index contributed by atoms with van der Waals surface area (Å²) in [4.78, 5) is 13.9. The van der Waals surface area contributed by atoms with Crippen molar-refractivity contribution in [3.8, 4) is 5.75 Å². The Balaban J connectivity index is 1.93. The van der Waals surface area contributed by atoms with E-state index >= 15 is 0 Å². The minimum atomic E-state index is -0.168. The molecule has 22 heavy (non-hydrogen) atoms. The van der Waals surface area contributed by atoms with Gasteiger partial charge in [0.25, 0.3) is 0 Å². The number of rotatable bonds is 5. The number of nitrogens with zero attached hydrogens (tertiary/aromatic N) is 1. The maximum Gasteiger partial charge on any atom is 0.324 e. The van der Waals surface area contributed by atoms with E-state index < -0.39 is 0 Å². The van der Waals surface area contributed by atoms with Gasteiger partial charge in [-0.3, -0.25) is 4.90 Å². The first-order chi connectivity index (χ1) is 10.6. The molecule has 4 nitrogen and oxygen atoms in total. The molecule has 0 unspecified atom stereocenters. The van der Waals surface area contributed by atoms with Crippen molar-refractivity contribution in [2.75, 3.05) is 18.2 Å². The minimum Gasteiger partial charge on any atom is -0.473 e. The number of hydrogen-bond acceptors (Lipinski definition) is 2. The Morgan fingerprint density at radius 1 is 1.09 bits per heavy atom. The topological polar surface area (TPSA) is 41.6 Å². The van der Waals surface area contributed by atoms with E-state index in [4.69, 9.17) is 4.74 Å². The molecule has 4 heteroatoms. The molecule has 2 aromatic rings. The van der Waals surface area contributed by atoms with Gasteiger partial charge in [0.1, 0.15) is 5.75 Å². The van der Waals surface area contributed by atoms with E-state index in [2.05, 4.69) is 5.32 Å². The van der Waals surface area contributed by atoms with Crippen LogP contribution in [-0.2, 0) is 0 Å². The molecule has 0 aliphatic heterocycles. The van der Waals surface area contributed by atoms with Crippen LogP contribution in [-0.4, -0.2) is 19.3 Å². The summed E-state index contributed by atoms with van der Waals surface area (Å²) < 4.78 is 5.66. The highest BCUT2D eigenvalue weighted by Gasteiger charge is 2.13. The predicted octanol–water partition coefficient (Wildman–Crippen LogP) is 3.88. The van der Waals surface area contributed by atoms with Gasteiger partial charge in [0.15, 0.2) is 6.73 Å². The van der Waals surface area contributed by atoms with Crippen LogP contribution in [0, 0.1) is 13.8 Å². The predicted molar refractivity (Wildman–Crippen MR) is 89.4 cm³/mol. The van der Waals surface area contributed by atoms with Gasteiger partial charge in [-0.1, -0.05) is 30.3 Å². The molecule has 116 valence electrons. The van der Waals surface area contributed by atoms with Crippen LogP contribution in [0.15, 0.2) is 48.5 Å². The molecule has 0 aromatic heterocycles. The fourth-order valence-electron chi connectivity index (χ4n) is 2.20. The molecule has 2 rings (SSSR count). The fourth-order valence-corrected chi connectivity index (χ4v) is 2.20. The monoisotopic (exact) mass is 298 g/mol. The van der Waals surface area contributed by atoms with Crippen LogP contribution < -0.4 is 15.0 Å². The molecule has 0 heterocycles. The summed E-state index contributed by atoms with van der Waals surface area (Å²) in [5.74, 6) is 0.794. The van der Waals surface area contributed by atoms with Crippen LogP contribution in [0.1, 0.15) is 18.1 Å². The Labute approximate surface area is 131 Å². The fraction of sp³-hybridized carbons (Fsp3) is 0.278. The van der Waals surface area contributed by atoms with Gasteiger partial charge in [0.2, 0.25) is 0 Å². The van der Waals surface area contributed by atoms with E-state index in [1.165, 1.54) is 5.56 Å². The molecule has 0 aliphatic carbocycles. The van der Waals surface area contributed by atoms with Gasteiger partial charge in [0, 0.05) is 12.2 Å². The number of benzene rings is 2.